The summed E-state index contributed by atoms with van der Waals surface area (Å²) >= 11 is 12.4. The van der Waals surface area contributed by atoms with Gasteiger partial charge in [0.1, 0.15) is 18.3 Å². The van der Waals surface area contributed by atoms with Gasteiger partial charge in [0.15, 0.2) is 0 Å². The van der Waals surface area contributed by atoms with Crippen molar-refractivity contribution < 1.29 is 14.0 Å². The number of benzene rings is 2. The van der Waals surface area contributed by atoms with Crippen LogP contribution in [0.25, 0.3) is 5.69 Å². The maximum Gasteiger partial charge on any atom is 0.322 e. The summed E-state index contributed by atoms with van der Waals surface area (Å²) in [6.07, 6.45) is 5.18. The van der Waals surface area contributed by atoms with Crippen LogP contribution in [-0.2, 0) is 4.79 Å². The largest absolute Gasteiger partial charge is 0.467 e. The Balaban J connectivity index is 1.48. The molecule has 0 fully saturated rings. The number of carbonyl (C=O) groups is 2. The van der Waals surface area contributed by atoms with Crippen molar-refractivity contribution in [3.05, 3.63) is 101 Å². The molecule has 2 aromatic carbocycles. The molecule has 0 saturated heterocycles. The molecule has 2 aromatic heterocycles. The summed E-state index contributed by atoms with van der Waals surface area (Å²) in [6, 6.07) is 19.4. The number of aromatic nitrogens is 1. The molecule has 190 valence electrons. The van der Waals surface area contributed by atoms with Crippen LogP contribution in [0, 0.1) is 0 Å². The summed E-state index contributed by atoms with van der Waals surface area (Å²) in [5.41, 5.74) is 2.92. The second-order valence-electron chi connectivity index (χ2n) is 8.78. The number of amides is 3. The van der Waals surface area contributed by atoms with Gasteiger partial charge in [-0.3, -0.25) is 9.69 Å². The van der Waals surface area contributed by atoms with E-state index in [1.165, 1.54) is 4.90 Å². The number of fused-ring (bicyclic) bond motifs is 3. The Hall–Kier alpha value is -3.68. The molecule has 37 heavy (non-hydrogen) atoms. The summed E-state index contributed by atoms with van der Waals surface area (Å²) < 4.78 is 7.85. The number of urea groups is 1. The van der Waals surface area contributed by atoms with E-state index in [0.29, 0.717) is 23.0 Å². The van der Waals surface area contributed by atoms with Crippen molar-refractivity contribution in [3.63, 3.8) is 0 Å². The Morgan fingerprint density at radius 3 is 2.57 bits per heavy atom. The Morgan fingerprint density at radius 2 is 1.81 bits per heavy atom. The molecule has 5 rings (SSSR count). The molecule has 3 amide bonds. The molecule has 1 atom stereocenters. The van der Waals surface area contributed by atoms with Crippen LogP contribution in [0.5, 0.6) is 0 Å². The van der Waals surface area contributed by atoms with Gasteiger partial charge in [0.05, 0.1) is 39.1 Å². The first kappa shape index (κ1) is 25.0. The first-order valence-corrected chi connectivity index (χ1v) is 12.9. The van der Waals surface area contributed by atoms with E-state index in [1.807, 2.05) is 61.7 Å². The van der Waals surface area contributed by atoms with E-state index in [1.54, 1.807) is 29.4 Å². The Labute approximate surface area is 225 Å². The van der Waals surface area contributed by atoms with Gasteiger partial charge in [0, 0.05) is 12.7 Å². The van der Waals surface area contributed by atoms with Crippen molar-refractivity contribution in [1.82, 2.24) is 9.47 Å². The lowest BCUT2D eigenvalue weighted by atomic mass is 10.0. The third kappa shape index (κ3) is 4.84. The quantitative estimate of drug-likeness (QED) is 0.272. The van der Waals surface area contributed by atoms with Crippen LogP contribution in [0.1, 0.15) is 37.3 Å². The fourth-order valence-corrected chi connectivity index (χ4v) is 4.96. The van der Waals surface area contributed by atoms with E-state index in [-0.39, 0.29) is 17.5 Å². The molecule has 0 aliphatic carbocycles. The minimum absolute atomic E-state index is 0.129. The molecule has 0 spiro atoms. The molecular weight excluding hydrogens is 511 g/mol. The molecule has 9 heteroatoms. The number of nitrogens with zero attached hydrogens (tertiary/aromatic N) is 3. The minimum Gasteiger partial charge on any atom is -0.467 e. The summed E-state index contributed by atoms with van der Waals surface area (Å²) in [5.74, 6) is 0.405. The normalized spacial score (nSPS) is 14.1. The van der Waals surface area contributed by atoms with Crippen LogP contribution in [0.2, 0.25) is 10.0 Å². The highest BCUT2D eigenvalue weighted by atomic mass is 35.5. The standard InChI is InChI=1S/C28H26Cl2N4O3/c1-2-3-15-32(28(36)31-20-10-6-9-19(29)26(20)30)18-25(35)34-22-12-5-4-11-21(22)33-16-7-13-23(33)27(34)24-14-8-17-37-24/h4-14,16-17,27H,2-3,15,18H2,1H3,(H,31,36). The topological polar surface area (TPSA) is 70.7 Å². The number of unbranched alkanes of at least 4 members (excludes halogenated alkanes) is 1. The number of anilines is 2. The van der Waals surface area contributed by atoms with Crippen LogP contribution >= 0.6 is 23.2 Å². The SMILES string of the molecule is CCCCN(CC(=O)N1c2ccccc2-n2cccc2C1c1ccco1)C(=O)Nc1cccc(Cl)c1Cl. The molecule has 3 heterocycles. The molecule has 7 nitrogen and oxygen atoms in total. The zero-order chi connectivity index (χ0) is 25.9. The van der Waals surface area contributed by atoms with Crippen molar-refractivity contribution in [3.8, 4) is 5.69 Å². The van der Waals surface area contributed by atoms with E-state index in [0.717, 1.165) is 29.9 Å². The molecular formula is C28H26Cl2N4O3. The molecule has 0 saturated carbocycles. The molecule has 4 aromatic rings. The number of para-hydroxylation sites is 2. The van der Waals surface area contributed by atoms with Gasteiger partial charge in [-0.2, -0.15) is 0 Å². The van der Waals surface area contributed by atoms with E-state index in [9.17, 15) is 9.59 Å². The summed E-state index contributed by atoms with van der Waals surface area (Å²) in [6.45, 7) is 2.31. The van der Waals surface area contributed by atoms with Crippen LogP contribution in [0.4, 0.5) is 16.2 Å². The Bertz CT molecular complexity index is 1420. The zero-order valence-electron chi connectivity index (χ0n) is 20.2. The van der Waals surface area contributed by atoms with E-state index < -0.39 is 12.1 Å². The minimum atomic E-state index is -0.481. The average molecular weight is 537 g/mol. The first-order valence-electron chi connectivity index (χ1n) is 12.1. The number of hydrogen-bond acceptors (Lipinski definition) is 3. The molecule has 1 aliphatic rings. The first-order chi connectivity index (χ1) is 18.0. The highest BCUT2D eigenvalue weighted by Gasteiger charge is 2.38. The van der Waals surface area contributed by atoms with Gasteiger partial charge in [-0.15, -0.1) is 0 Å². The van der Waals surface area contributed by atoms with Gasteiger partial charge in [-0.25, -0.2) is 4.79 Å². The van der Waals surface area contributed by atoms with Crippen LogP contribution in [-0.4, -0.2) is 34.5 Å². The van der Waals surface area contributed by atoms with Gasteiger partial charge < -0.3 is 19.2 Å². The summed E-state index contributed by atoms with van der Waals surface area (Å²) in [7, 11) is 0. The number of halogens is 2. The van der Waals surface area contributed by atoms with Crippen molar-refractivity contribution in [2.24, 2.45) is 0 Å². The molecule has 1 unspecified atom stereocenters. The van der Waals surface area contributed by atoms with Crippen LogP contribution in [0.15, 0.2) is 83.6 Å². The molecule has 0 radical (unpaired) electrons. The summed E-state index contributed by atoms with van der Waals surface area (Å²) in [4.78, 5) is 30.6. The van der Waals surface area contributed by atoms with Crippen LogP contribution < -0.4 is 10.2 Å². The van der Waals surface area contributed by atoms with Gasteiger partial charge in [-0.05, 0) is 55.0 Å². The highest BCUT2D eigenvalue weighted by molar-refractivity contribution is 6.44. The van der Waals surface area contributed by atoms with Crippen LogP contribution in [0.3, 0.4) is 0 Å². The molecule has 1 N–H and O–H groups in total. The lowest BCUT2D eigenvalue weighted by Gasteiger charge is -2.38. The summed E-state index contributed by atoms with van der Waals surface area (Å²) in [5, 5.41) is 3.41. The maximum absolute atomic E-state index is 14.1. The average Bonchev–Trinajstić information content (AvgIpc) is 3.61. The number of furan rings is 1. The van der Waals surface area contributed by atoms with Crippen molar-refractivity contribution in [2.75, 3.05) is 23.3 Å². The Morgan fingerprint density at radius 1 is 1.00 bits per heavy atom. The van der Waals surface area contributed by atoms with E-state index >= 15 is 0 Å². The third-order valence-corrected chi connectivity index (χ3v) is 7.21. The van der Waals surface area contributed by atoms with E-state index in [2.05, 4.69) is 9.88 Å². The number of nitrogens with one attached hydrogen (secondary N) is 1. The monoisotopic (exact) mass is 536 g/mol. The second-order valence-corrected chi connectivity index (χ2v) is 9.57. The smallest absolute Gasteiger partial charge is 0.322 e. The molecule has 0 bridgehead atoms. The van der Waals surface area contributed by atoms with E-state index in [4.69, 9.17) is 27.6 Å². The van der Waals surface area contributed by atoms with Crippen molar-refractivity contribution in [1.29, 1.82) is 0 Å². The predicted molar refractivity (Wildman–Crippen MR) is 146 cm³/mol. The van der Waals surface area contributed by atoms with Gasteiger partial charge in [-0.1, -0.05) is 54.7 Å². The highest BCUT2D eigenvalue weighted by Crippen LogP contribution is 2.42. The maximum atomic E-state index is 14.1. The number of hydrogen-bond donors (Lipinski definition) is 1. The predicted octanol–water partition coefficient (Wildman–Crippen LogP) is 7.15. The number of rotatable bonds is 7. The van der Waals surface area contributed by atoms with Gasteiger partial charge >= 0.3 is 6.03 Å². The lowest BCUT2D eigenvalue weighted by Crippen LogP contribution is -2.48. The van der Waals surface area contributed by atoms with Gasteiger partial charge in [0.2, 0.25) is 5.91 Å². The van der Waals surface area contributed by atoms with Crippen molar-refractivity contribution >= 4 is 46.5 Å². The van der Waals surface area contributed by atoms with Gasteiger partial charge in [0.25, 0.3) is 0 Å². The number of carbonyl (C=O) groups excluding carboxylic acids is 2. The fourth-order valence-electron chi connectivity index (χ4n) is 4.61. The third-order valence-electron chi connectivity index (χ3n) is 6.39. The molecule has 1 aliphatic heterocycles. The van der Waals surface area contributed by atoms with Crippen molar-refractivity contribution in [2.45, 2.75) is 25.8 Å². The fraction of sp³-hybridized carbons (Fsp3) is 0.214. The second kappa shape index (κ2) is 10.7. The zero-order valence-corrected chi connectivity index (χ0v) is 21.7. The Kier molecular flexibility index (Phi) is 7.26. The lowest BCUT2D eigenvalue weighted by molar-refractivity contribution is -0.119.